The molecule has 0 fully saturated rings. The monoisotopic (exact) mass is 315 g/mol. The number of Topliss-reactive ketones (excluding diaryl/α,β-unsaturated/α-hetero) is 1. The van der Waals surface area contributed by atoms with Gasteiger partial charge in [0.25, 0.3) is 0 Å². The van der Waals surface area contributed by atoms with Gasteiger partial charge in [0.05, 0.1) is 5.69 Å². The lowest BCUT2D eigenvalue weighted by molar-refractivity contribution is -0.111. The summed E-state index contributed by atoms with van der Waals surface area (Å²) in [6.45, 7) is 1.55. The van der Waals surface area contributed by atoms with Crippen molar-refractivity contribution >= 4 is 34.8 Å². The van der Waals surface area contributed by atoms with Crippen molar-refractivity contribution in [3.63, 3.8) is 0 Å². The number of hydrogen-bond acceptors (Lipinski definition) is 5. The minimum absolute atomic E-state index is 0.113. The number of hydrogen-bond donors (Lipinski definition) is 1. The van der Waals surface area contributed by atoms with Gasteiger partial charge in [0.1, 0.15) is 0 Å². The van der Waals surface area contributed by atoms with Crippen LogP contribution in [0.15, 0.2) is 35.7 Å². The van der Waals surface area contributed by atoms with Crippen molar-refractivity contribution in [2.45, 2.75) is 6.92 Å². The van der Waals surface area contributed by atoms with Gasteiger partial charge in [-0.15, -0.1) is 11.3 Å². The Morgan fingerprint density at radius 2 is 2.05 bits per heavy atom. The summed E-state index contributed by atoms with van der Waals surface area (Å²) in [7, 11) is 0. The second kappa shape index (κ2) is 6.03. The molecule has 0 radical (unpaired) electrons. The predicted octanol–water partition coefficient (Wildman–Crippen LogP) is 3.33. The molecule has 0 bridgehead atoms. The number of benzene rings is 1. The molecule has 2 heterocycles. The van der Waals surface area contributed by atoms with Crippen LogP contribution in [0.4, 0.5) is 5.69 Å². The van der Waals surface area contributed by atoms with E-state index in [1.54, 1.807) is 18.2 Å². The van der Waals surface area contributed by atoms with Crippen LogP contribution in [0.2, 0.25) is 0 Å². The van der Waals surface area contributed by atoms with Crippen LogP contribution < -0.4 is 14.8 Å². The first kappa shape index (κ1) is 14.3. The molecule has 1 amide bonds. The van der Waals surface area contributed by atoms with Crippen molar-refractivity contribution in [2.75, 3.05) is 12.1 Å². The second-order valence-electron chi connectivity index (χ2n) is 4.65. The second-order valence-corrected chi connectivity index (χ2v) is 5.62. The highest BCUT2D eigenvalue weighted by Gasteiger charge is 2.19. The van der Waals surface area contributed by atoms with E-state index in [0.717, 1.165) is 4.88 Å². The summed E-state index contributed by atoms with van der Waals surface area (Å²) < 4.78 is 10.5. The number of ketones is 1. The first-order chi connectivity index (χ1) is 10.6. The number of ether oxygens (including phenoxy) is 2. The van der Waals surface area contributed by atoms with Crippen LogP contribution in [0.3, 0.4) is 0 Å². The predicted molar refractivity (Wildman–Crippen MR) is 84.6 cm³/mol. The molecule has 0 unspecified atom stereocenters. The fourth-order valence-electron chi connectivity index (χ4n) is 2.05. The van der Waals surface area contributed by atoms with E-state index in [9.17, 15) is 9.59 Å². The van der Waals surface area contributed by atoms with Gasteiger partial charge < -0.3 is 14.8 Å². The number of carbonyl (C=O) groups is 2. The van der Waals surface area contributed by atoms with Gasteiger partial charge in [-0.25, -0.2) is 0 Å². The summed E-state index contributed by atoms with van der Waals surface area (Å²) in [5.74, 6) is 0.561. The molecule has 6 heteroatoms. The van der Waals surface area contributed by atoms with Gasteiger partial charge in [0, 0.05) is 22.6 Å². The largest absolute Gasteiger partial charge is 0.454 e. The molecule has 1 aromatic carbocycles. The van der Waals surface area contributed by atoms with Crippen LogP contribution in [-0.4, -0.2) is 18.5 Å². The maximum Gasteiger partial charge on any atom is 0.248 e. The number of anilines is 1. The van der Waals surface area contributed by atoms with Gasteiger partial charge in [-0.3, -0.25) is 9.59 Å². The summed E-state index contributed by atoms with van der Waals surface area (Å²) in [4.78, 5) is 24.7. The molecule has 0 aliphatic carbocycles. The molecule has 0 saturated carbocycles. The quantitative estimate of drug-likeness (QED) is 0.694. The van der Waals surface area contributed by atoms with E-state index >= 15 is 0 Å². The zero-order valence-corrected chi connectivity index (χ0v) is 12.6. The number of fused-ring (bicyclic) bond motifs is 1. The summed E-state index contributed by atoms with van der Waals surface area (Å²) in [6.07, 6.45) is 3.15. The number of carbonyl (C=O) groups excluding carboxylic acids is 2. The Morgan fingerprint density at radius 3 is 2.73 bits per heavy atom. The average molecular weight is 315 g/mol. The Balaban J connectivity index is 1.82. The Morgan fingerprint density at radius 1 is 1.27 bits per heavy atom. The number of nitrogens with one attached hydrogen (secondary N) is 1. The van der Waals surface area contributed by atoms with E-state index in [2.05, 4.69) is 5.32 Å². The van der Waals surface area contributed by atoms with Crippen molar-refractivity contribution in [2.24, 2.45) is 0 Å². The van der Waals surface area contributed by atoms with E-state index in [0.29, 0.717) is 22.7 Å². The zero-order chi connectivity index (χ0) is 15.5. The van der Waals surface area contributed by atoms with Gasteiger partial charge in [-0.2, -0.15) is 0 Å². The Labute approximate surface area is 131 Å². The van der Waals surface area contributed by atoms with Crippen LogP contribution in [0.25, 0.3) is 6.08 Å². The Kier molecular flexibility index (Phi) is 3.93. The fraction of sp³-hybridized carbons (Fsp3) is 0.125. The number of thiophene rings is 1. The van der Waals surface area contributed by atoms with Gasteiger partial charge in [0.15, 0.2) is 17.3 Å². The molecule has 1 N–H and O–H groups in total. The van der Waals surface area contributed by atoms with Gasteiger partial charge in [-0.1, -0.05) is 6.07 Å². The highest BCUT2D eigenvalue weighted by atomic mass is 32.1. The minimum Gasteiger partial charge on any atom is -0.454 e. The molecule has 0 saturated heterocycles. The third kappa shape index (κ3) is 3.01. The summed E-state index contributed by atoms with van der Waals surface area (Å²) in [5.41, 5.74) is 0.805. The highest BCUT2D eigenvalue weighted by molar-refractivity contribution is 7.10. The normalized spacial score (nSPS) is 12.6. The molecule has 2 aromatic rings. The first-order valence-electron chi connectivity index (χ1n) is 6.60. The summed E-state index contributed by atoms with van der Waals surface area (Å²) in [5, 5.41) is 4.64. The lowest BCUT2D eigenvalue weighted by Gasteiger charge is -2.09. The molecule has 3 rings (SSSR count). The van der Waals surface area contributed by atoms with Crippen LogP contribution in [0, 0.1) is 0 Å². The van der Waals surface area contributed by atoms with E-state index in [4.69, 9.17) is 9.47 Å². The molecule has 1 aliphatic rings. The molecule has 5 nitrogen and oxygen atoms in total. The highest BCUT2D eigenvalue weighted by Crippen LogP contribution is 2.37. The topological polar surface area (TPSA) is 64.6 Å². The van der Waals surface area contributed by atoms with E-state index in [-0.39, 0.29) is 18.5 Å². The van der Waals surface area contributed by atoms with Crippen LogP contribution in [0.5, 0.6) is 11.5 Å². The summed E-state index contributed by atoms with van der Waals surface area (Å²) >= 11 is 1.54. The molecule has 1 aliphatic heterocycles. The summed E-state index contributed by atoms with van der Waals surface area (Å²) in [6, 6.07) is 7.02. The number of amides is 1. The van der Waals surface area contributed by atoms with Crippen LogP contribution >= 0.6 is 11.3 Å². The molecule has 22 heavy (non-hydrogen) atoms. The third-order valence-corrected chi connectivity index (χ3v) is 3.93. The van der Waals surface area contributed by atoms with Crippen molar-refractivity contribution in [1.82, 2.24) is 0 Å². The van der Waals surface area contributed by atoms with Crippen molar-refractivity contribution in [3.8, 4) is 11.5 Å². The van der Waals surface area contributed by atoms with E-state index < -0.39 is 0 Å². The first-order valence-corrected chi connectivity index (χ1v) is 7.48. The Bertz CT molecular complexity index is 750. The smallest absolute Gasteiger partial charge is 0.248 e. The molecule has 0 spiro atoms. The van der Waals surface area contributed by atoms with Gasteiger partial charge in [-0.05, 0) is 30.5 Å². The molecule has 0 atom stereocenters. The molecule has 112 valence electrons. The zero-order valence-electron chi connectivity index (χ0n) is 11.8. The average Bonchev–Trinajstić information content (AvgIpc) is 3.15. The molecular formula is C16H13NO4S. The van der Waals surface area contributed by atoms with Crippen LogP contribution in [-0.2, 0) is 4.79 Å². The Hall–Kier alpha value is -2.60. The number of rotatable bonds is 4. The third-order valence-electron chi connectivity index (χ3n) is 3.09. The lowest BCUT2D eigenvalue weighted by atomic mass is 10.1. The molecular weight excluding hydrogens is 302 g/mol. The lowest BCUT2D eigenvalue weighted by Crippen LogP contribution is -2.11. The fourth-order valence-corrected chi connectivity index (χ4v) is 2.67. The van der Waals surface area contributed by atoms with Gasteiger partial charge >= 0.3 is 0 Å². The standard InChI is InChI=1S/C16H13NO4S/c1-10(18)12-7-14-15(21-9-20-14)8-13(12)17-16(19)5-4-11-3-2-6-22-11/h2-8H,9H2,1H3,(H,17,19)/b5-4+. The minimum atomic E-state index is -0.310. The molecule has 1 aromatic heterocycles. The van der Waals surface area contributed by atoms with Crippen molar-refractivity contribution in [3.05, 3.63) is 46.2 Å². The van der Waals surface area contributed by atoms with Crippen LogP contribution in [0.1, 0.15) is 22.2 Å². The van der Waals surface area contributed by atoms with Crippen molar-refractivity contribution in [1.29, 1.82) is 0 Å². The van der Waals surface area contributed by atoms with Gasteiger partial charge in [0.2, 0.25) is 12.7 Å². The SMILES string of the molecule is CC(=O)c1cc2c(cc1NC(=O)/C=C/c1cccs1)OCO2. The maximum atomic E-state index is 12.0. The van der Waals surface area contributed by atoms with Crippen molar-refractivity contribution < 1.29 is 19.1 Å². The van der Waals surface area contributed by atoms with E-state index in [1.807, 2.05) is 17.5 Å². The van der Waals surface area contributed by atoms with E-state index in [1.165, 1.54) is 24.3 Å². The maximum absolute atomic E-state index is 12.0.